The van der Waals surface area contributed by atoms with E-state index < -0.39 is 37.9 Å². The molecule has 2 amide bonds. The fourth-order valence-electron chi connectivity index (χ4n) is 1.20. The Balaban J connectivity index is 4.76. The second-order valence-electron chi connectivity index (χ2n) is 3.46. The highest BCUT2D eigenvalue weighted by Crippen LogP contribution is 2.50. The lowest BCUT2D eigenvalue weighted by atomic mass is 10.6. The molecule has 0 aliphatic heterocycles. The molecule has 0 aliphatic carbocycles. The van der Waals surface area contributed by atoms with Gasteiger partial charge in [-0.3, -0.25) is 9.36 Å². The molecule has 0 aromatic rings. The number of nitrogens with one attached hydrogen (secondary N) is 2. The molecule has 0 heterocycles. The van der Waals surface area contributed by atoms with Crippen molar-refractivity contribution in [2.75, 3.05) is 34.5 Å². The molecule has 11 heteroatoms. The fraction of sp³-hybridized carbons (Fsp3) is 0.700. The molecule has 0 saturated heterocycles. The minimum absolute atomic E-state index is 0.162. The van der Waals surface area contributed by atoms with Crippen LogP contribution in [0.15, 0.2) is 0 Å². The molecule has 1 atom stereocenters. The van der Waals surface area contributed by atoms with Gasteiger partial charge in [0.25, 0.3) is 0 Å². The maximum absolute atomic E-state index is 12.1. The van der Waals surface area contributed by atoms with Crippen molar-refractivity contribution in [3.05, 3.63) is 0 Å². The van der Waals surface area contributed by atoms with Crippen molar-refractivity contribution < 1.29 is 37.5 Å². The van der Waals surface area contributed by atoms with Gasteiger partial charge in [0, 0.05) is 14.2 Å². The standard InChI is InChI=1S/C10H19N2O8P/c1-5-20-7(13)6-11-10(15)12-8(9(14)17-2)21(16,18-3)19-4/h8H,5-6H2,1-4H3,(H2,11,12,15). The molecule has 1 unspecified atom stereocenters. The highest BCUT2D eigenvalue weighted by atomic mass is 31.2. The predicted octanol–water partition coefficient (Wildman–Crippen LogP) is -0.166. The third kappa shape index (κ3) is 6.11. The molecule has 0 rings (SSSR count). The summed E-state index contributed by atoms with van der Waals surface area (Å²) in [4.78, 5) is 34.2. The number of methoxy groups -OCH3 is 1. The second kappa shape index (κ2) is 9.32. The Kier molecular flexibility index (Phi) is 8.60. The predicted molar refractivity (Wildman–Crippen MR) is 70.6 cm³/mol. The van der Waals surface area contributed by atoms with Crippen molar-refractivity contribution >= 4 is 25.6 Å². The number of amides is 2. The van der Waals surface area contributed by atoms with E-state index in [1.807, 2.05) is 0 Å². The molecular weight excluding hydrogens is 307 g/mol. The van der Waals surface area contributed by atoms with Gasteiger partial charge in [0.15, 0.2) is 0 Å². The average Bonchev–Trinajstić information content (AvgIpc) is 2.49. The van der Waals surface area contributed by atoms with Gasteiger partial charge in [-0.2, -0.15) is 0 Å². The first kappa shape index (κ1) is 19.4. The molecule has 10 nitrogen and oxygen atoms in total. The molecule has 2 N–H and O–H groups in total. The first-order valence-electron chi connectivity index (χ1n) is 5.83. The third-order valence-corrected chi connectivity index (χ3v) is 4.21. The van der Waals surface area contributed by atoms with Crippen LogP contribution >= 0.6 is 7.60 Å². The van der Waals surface area contributed by atoms with Gasteiger partial charge >= 0.3 is 25.6 Å². The quantitative estimate of drug-likeness (QED) is 0.465. The summed E-state index contributed by atoms with van der Waals surface area (Å²) in [6.45, 7) is 1.35. The number of rotatable bonds is 8. The molecule has 0 aliphatic rings. The van der Waals surface area contributed by atoms with Crippen molar-refractivity contribution in [2.45, 2.75) is 12.7 Å². The molecule has 0 aromatic carbocycles. The van der Waals surface area contributed by atoms with Crippen molar-refractivity contribution in [3.8, 4) is 0 Å². The lowest BCUT2D eigenvalue weighted by Gasteiger charge is -2.23. The zero-order chi connectivity index (χ0) is 16.5. The first-order valence-corrected chi connectivity index (χ1v) is 7.44. The normalized spacial score (nSPS) is 12.2. The Hall–Kier alpha value is -1.64. The van der Waals surface area contributed by atoms with Crippen LogP contribution in [0.4, 0.5) is 4.79 Å². The molecule has 0 bridgehead atoms. The van der Waals surface area contributed by atoms with Crippen LogP contribution in [0.3, 0.4) is 0 Å². The Morgan fingerprint density at radius 3 is 2.14 bits per heavy atom. The summed E-state index contributed by atoms with van der Waals surface area (Å²) < 4.78 is 30.4. The van der Waals surface area contributed by atoms with E-state index in [1.165, 1.54) is 0 Å². The fourth-order valence-corrected chi connectivity index (χ4v) is 2.41. The van der Waals surface area contributed by atoms with Gasteiger partial charge in [-0.05, 0) is 6.92 Å². The Morgan fingerprint density at radius 2 is 1.71 bits per heavy atom. The number of carbonyl (C=O) groups is 3. The third-order valence-electron chi connectivity index (χ3n) is 2.22. The smallest absolute Gasteiger partial charge is 0.363 e. The zero-order valence-electron chi connectivity index (χ0n) is 12.2. The summed E-state index contributed by atoms with van der Waals surface area (Å²) >= 11 is 0. The van der Waals surface area contributed by atoms with E-state index in [9.17, 15) is 18.9 Å². The topological polar surface area (TPSA) is 129 Å². The average molecular weight is 326 g/mol. The number of urea groups is 1. The summed E-state index contributed by atoms with van der Waals surface area (Å²) in [5.74, 6) is -3.35. The molecular formula is C10H19N2O8P. The van der Waals surface area contributed by atoms with Crippen molar-refractivity contribution in [1.29, 1.82) is 0 Å². The lowest BCUT2D eigenvalue weighted by molar-refractivity contribution is -0.142. The molecule has 21 heavy (non-hydrogen) atoms. The SMILES string of the molecule is CCOC(=O)CNC(=O)NC(C(=O)OC)P(=O)(OC)OC. The molecule has 0 spiro atoms. The van der Waals surface area contributed by atoms with Crippen LogP contribution in [-0.2, 0) is 32.7 Å². The van der Waals surface area contributed by atoms with Crippen molar-refractivity contribution in [2.24, 2.45) is 0 Å². The maximum Gasteiger partial charge on any atom is 0.363 e. The minimum Gasteiger partial charge on any atom is -0.467 e. The van der Waals surface area contributed by atoms with Gasteiger partial charge < -0.3 is 29.2 Å². The van der Waals surface area contributed by atoms with Crippen LogP contribution in [0.2, 0.25) is 0 Å². The summed E-state index contributed by atoms with van der Waals surface area (Å²) in [5, 5.41) is 4.19. The van der Waals surface area contributed by atoms with E-state index in [0.717, 1.165) is 21.3 Å². The summed E-state index contributed by atoms with van der Waals surface area (Å²) in [6, 6.07) is -0.937. The first-order chi connectivity index (χ1) is 9.84. The van der Waals surface area contributed by atoms with Gasteiger partial charge in [-0.15, -0.1) is 0 Å². The second-order valence-corrected chi connectivity index (χ2v) is 5.79. The van der Waals surface area contributed by atoms with E-state index in [-0.39, 0.29) is 6.61 Å². The molecule has 0 saturated carbocycles. The minimum atomic E-state index is -3.94. The van der Waals surface area contributed by atoms with E-state index in [4.69, 9.17) is 0 Å². The van der Waals surface area contributed by atoms with E-state index in [1.54, 1.807) is 6.92 Å². The van der Waals surface area contributed by atoms with Gasteiger partial charge in [-0.25, -0.2) is 9.59 Å². The maximum atomic E-state index is 12.1. The zero-order valence-corrected chi connectivity index (χ0v) is 13.1. The monoisotopic (exact) mass is 326 g/mol. The molecule has 0 fully saturated rings. The van der Waals surface area contributed by atoms with Crippen molar-refractivity contribution in [3.63, 3.8) is 0 Å². The molecule has 122 valence electrons. The van der Waals surface area contributed by atoms with Crippen LogP contribution in [0.5, 0.6) is 0 Å². The number of hydrogen-bond donors (Lipinski definition) is 2. The number of carbonyl (C=O) groups excluding carboxylic acids is 3. The highest BCUT2D eigenvalue weighted by Gasteiger charge is 2.42. The van der Waals surface area contributed by atoms with Crippen LogP contribution in [0.1, 0.15) is 6.92 Å². The molecule has 0 radical (unpaired) electrons. The van der Waals surface area contributed by atoms with E-state index >= 15 is 0 Å². The summed E-state index contributed by atoms with van der Waals surface area (Å²) in [6.07, 6.45) is 0. The Labute approximate surface area is 122 Å². The van der Waals surface area contributed by atoms with Crippen molar-refractivity contribution in [1.82, 2.24) is 10.6 Å². The summed E-state index contributed by atoms with van der Waals surface area (Å²) in [5.41, 5.74) is 0. The Bertz CT molecular complexity index is 419. The van der Waals surface area contributed by atoms with Crippen LogP contribution < -0.4 is 10.6 Å². The number of esters is 2. The summed E-state index contributed by atoms with van der Waals surface area (Å²) in [7, 11) is -0.788. The van der Waals surface area contributed by atoms with Crippen LogP contribution in [0, 0.1) is 0 Å². The van der Waals surface area contributed by atoms with Crippen LogP contribution in [0.25, 0.3) is 0 Å². The Morgan fingerprint density at radius 1 is 1.14 bits per heavy atom. The van der Waals surface area contributed by atoms with Gasteiger partial charge in [0.2, 0.25) is 5.78 Å². The van der Waals surface area contributed by atoms with Gasteiger partial charge in [-0.1, -0.05) is 0 Å². The van der Waals surface area contributed by atoms with Gasteiger partial charge in [0.05, 0.1) is 13.7 Å². The number of ether oxygens (including phenoxy) is 2. The molecule has 0 aromatic heterocycles. The lowest BCUT2D eigenvalue weighted by Crippen LogP contribution is -2.47. The number of hydrogen-bond acceptors (Lipinski definition) is 8. The van der Waals surface area contributed by atoms with E-state index in [0.29, 0.717) is 0 Å². The van der Waals surface area contributed by atoms with Crippen LogP contribution in [-0.4, -0.2) is 58.2 Å². The largest absolute Gasteiger partial charge is 0.467 e. The van der Waals surface area contributed by atoms with E-state index in [2.05, 4.69) is 29.2 Å². The highest BCUT2D eigenvalue weighted by molar-refractivity contribution is 7.55. The van der Waals surface area contributed by atoms with Gasteiger partial charge in [0.1, 0.15) is 6.54 Å².